The van der Waals surface area contributed by atoms with Crippen LogP contribution in [0.25, 0.3) is 0 Å². The Morgan fingerprint density at radius 3 is 2.53 bits per heavy atom. The van der Waals surface area contributed by atoms with Crippen molar-refractivity contribution >= 4 is 5.97 Å². The zero-order chi connectivity index (χ0) is 26.7. The maximum Gasteiger partial charge on any atom is 0.303 e. The first-order valence-corrected chi connectivity index (χ1v) is 15.7. The summed E-state index contributed by atoms with van der Waals surface area (Å²) in [7, 11) is 0. The molecule has 0 aromatic heterocycles. The third-order valence-electron chi connectivity index (χ3n) is 9.12. The van der Waals surface area contributed by atoms with Crippen molar-refractivity contribution in [2.75, 3.05) is 13.2 Å². The summed E-state index contributed by atoms with van der Waals surface area (Å²) in [6.45, 7) is 6.18. The predicted octanol–water partition coefficient (Wildman–Crippen LogP) is 7.42. The SMILES string of the molecule is CCCCC(C)C(C=C[C@@H]1[C@H]2CC(=CCCCC(=O)O)C[C@@H]2C[C@H]1OC1CCCCO1)OC1CCCCO1. The molecular weight excluding hydrogens is 480 g/mol. The molecule has 6 nitrogen and oxygen atoms in total. The predicted molar refractivity (Wildman–Crippen MR) is 149 cm³/mol. The Hall–Kier alpha value is -1.21. The number of unbranched alkanes of at least 4 members (excludes halogenated alkanes) is 2. The van der Waals surface area contributed by atoms with Gasteiger partial charge in [-0.15, -0.1) is 0 Å². The van der Waals surface area contributed by atoms with Crippen LogP contribution in [0, 0.1) is 23.7 Å². The molecule has 0 bridgehead atoms. The maximum atomic E-state index is 10.9. The van der Waals surface area contributed by atoms with Gasteiger partial charge in [-0.25, -0.2) is 0 Å². The molecule has 6 heteroatoms. The Morgan fingerprint density at radius 2 is 1.84 bits per heavy atom. The Bertz CT molecular complexity index is 766. The van der Waals surface area contributed by atoms with Crippen LogP contribution in [0.15, 0.2) is 23.8 Å². The highest BCUT2D eigenvalue weighted by Crippen LogP contribution is 2.52. The summed E-state index contributed by atoms with van der Waals surface area (Å²) in [6, 6.07) is 0. The van der Waals surface area contributed by atoms with Crippen molar-refractivity contribution in [2.24, 2.45) is 23.7 Å². The van der Waals surface area contributed by atoms with Crippen molar-refractivity contribution < 1.29 is 28.8 Å². The molecule has 4 aliphatic rings. The Balaban J connectivity index is 1.45. The van der Waals surface area contributed by atoms with Crippen molar-refractivity contribution in [2.45, 2.75) is 135 Å². The second-order valence-electron chi connectivity index (χ2n) is 12.2. The molecule has 0 aromatic carbocycles. The summed E-state index contributed by atoms with van der Waals surface area (Å²) in [5, 5.41) is 8.96. The second-order valence-corrected chi connectivity index (χ2v) is 12.2. The molecule has 0 aromatic rings. The van der Waals surface area contributed by atoms with Gasteiger partial charge in [0.25, 0.3) is 0 Å². The molecule has 2 saturated heterocycles. The number of hydrogen-bond acceptors (Lipinski definition) is 5. The van der Waals surface area contributed by atoms with Crippen molar-refractivity contribution in [3.05, 3.63) is 23.8 Å². The fourth-order valence-corrected chi connectivity index (χ4v) is 6.92. The average Bonchev–Trinajstić information content (AvgIpc) is 3.46. The van der Waals surface area contributed by atoms with Gasteiger partial charge < -0.3 is 24.1 Å². The molecule has 0 radical (unpaired) electrons. The minimum absolute atomic E-state index is 0.0581. The van der Waals surface area contributed by atoms with Crippen LogP contribution in [-0.4, -0.2) is 49.1 Å². The summed E-state index contributed by atoms with van der Waals surface area (Å²) in [5.74, 6) is 1.30. The minimum atomic E-state index is -0.703. The van der Waals surface area contributed by atoms with Gasteiger partial charge in [-0.05, 0) is 94.8 Å². The lowest BCUT2D eigenvalue weighted by Crippen LogP contribution is -2.32. The molecule has 4 rings (SSSR count). The fourth-order valence-electron chi connectivity index (χ4n) is 6.92. The number of allylic oxidation sites excluding steroid dienone is 2. The largest absolute Gasteiger partial charge is 0.481 e. The molecule has 4 unspecified atom stereocenters. The third-order valence-corrected chi connectivity index (χ3v) is 9.12. The Labute approximate surface area is 230 Å². The van der Waals surface area contributed by atoms with Gasteiger partial charge in [0.2, 0.25) is 0 Å². The molecule has 8 atom stereocenters. The molecule has 1 N–H and O–H groups in total. The zero-order valence-corrected chi connectivity index (χ0v) is 23.9. The van der Waals surface area contributed by atoms with Crippen LogP contribution in [0.5, 0.6) is 0 Å². The van der Waals surface area contributed by atoms with Crippen LogP contribution in [0.1, 0.15) is 110 Å². The molecule has 2 aliphatic carbocycles. The number of ether oxygens (including phenoxy) is 4. The fraction of sp³-hybridized carbons (Fsp3) is 0.844. The van der Waals surface area contributed by atoms with Gasteiger partial charge in [0, 0.05) is 25.6 Å². The number of rotatable bonds is 14. The lowest BCUT2D eigenvalue weighted by molar-refractivity contribution is -0.193. The number of aliphatic carboxylic acids is 1. The summed E-state index contributed by atoms with van der Waals surface area (Å²) < 4.78 is 25.2. The lowest BCUT2D eigenvalue weighted by Gasteiger charge is -2.31. The molecule has 4 fully saturated rings. The first-order valence-electron chi connectivity index (χ1n) is 15.7. The standard InChI is InChI=1S/C32H52O6/c1-3-4-11-23(2)28(37-31-14-7-9-18-35-31)17-16-26-27-21-24(12-5-6-13-30(33)34)20-25(27)22-29(26)38-32-15-8-10-19-36-32/h12,16-17,23,25-29,31-32H,3-11,13-15,18-22H2,1-2H3,(H,33,34)/t23?,25-,26-,27+,28?,29-,31?,32?/m1/s1. The van der Waals surface area contributed by atoms with E-state index in [4.69, 9.17) is 24.1 Å². The van der Waals surface area contributed by atoms with E-state index in [0.717, 1.165) is 77.4 Å². The van der Waals surface area contributed by atoms with Crippen molar-refractivity contribution in [1.29, 1.82) is 0 Å². The average molecular weight is 533 g/mol. The van der Waals surface area contributed by atoms with Gasteiger partial charge in [0.15, 0.2) is 12.6 Å². The number of carboxylic acid groups (broad SMARTS) is 1. The normalized spacial score (nSPS) is 34.5. The first kappa shape index (κ1) is 29.8. The van der Waals surface area contributed by atoms with E-state index < -0.39 is 5.97 Å². The van der Waals surface area contributed by atoms with E-state index in [1.807, 2.05) is 0 Å². The highest BCUT2D eigenvalue weighted by molar-refractivity contribution is 5.66. The number of carbonyl (C=O) groups is 1. The molecule has 38 heavy (non-hydrogen) atoms. The molecule has 216 valence electrons. The monoisotopic (exact) mass is 532 g/mol. The topological polar surface area (TPSA) is 74.2 Å². The van der Waals surface area contributed by atoms with Crippen molar-refractivity contribution in [1.82, 2.24) is 0 Å². The van der Waals surface area contributed by atoms with Crippen LogP contribution in [0.4, 0.5) is 0 Å². The van der Waals surface area contributed by atoms with Crippen LogP contribution in [0.3, 0.4) is 0 Å². The van der Waals surface area contributed by atoms with E-state index in [-0.39, 0.29) is 31.2 Å². The molecular formula is C32H52O6. The number of fused-ring (bicyclic) bond motifs is 1. The molecule has 2 saturated carbocycles. The van der Waals surface area contributed by atoms with Gasteiger partial charge in [-0.3, -0.25) is 4.79 Å². The van der Waals surface area contributed by atoms with E-state index in [0.29, 0.717) is 23.7 Å². The summed E-state index contributed by atoms with van der Waals surface area (Å²) in [6.07, 6.45) is 22.5. The van der Waals surface area contributed by atoms with Crippen LogP contribution >= 0.6 is 0 Å². The van der Waals surface area contributed by atoms with Gasteiger partial charge in [-0.1, -0.05) is 50.5 Å². The highest BCUT2D eigenvalue weighted by Gasteiger charge is 2.47. The van der Waals surface area contributed by atoms with E-state index in [9.17, 15) is 4.79 Å². The first-order chi connectivity index (χ1) is 18.5. The van der Waals surface area contributed by atoms with Crippen molar-refractivity contribution in [3.8, 4) is 0 Å². The maximum absolute atomic E-state index is 10.9. The summed E-state index contributed by atoms with van der Waals surface area (Å²) >= 11 is 0. The van der Waals surface area contributed by atoms with E-state index in [2.05, 4.69) is 32.1 Å². The zero-order valence-electron chi connectivity index (χ0n) is 23.9. The van der Waals surface area contributed by atoms with E-state index in [1.54, 1.807) is 0 Å². The van der Waals surface area contributed by atoms with E-state index >= 15 is 0 Å². The Kier molecular flexibility index (Phi) is 12.2. The Morgan fingerprint density at radius 1 is 1.08 bits per heavy atom. The molecule has 0 amide bonds. The van der Waals surface area contributed by atoms with Gasteiger partial charge in [0.1, 0.15) is 0 Å². The molecule has 2 aliphatic heterocycles. The summed E-state index contributed by atoms with van der Waals surface area (Å²) in [4.78, 5) is 10.9. The minimum Gasteiger partial charge on any atom is -0.481 e. The van der Waals surface area contributed by atoms with Crippen LogP contribution < -0.4 is 0 Å². The van der Waals surface area contributed by atoms with Crippen LogP contribution in [-0.2, 0) is 23.7 Å². The van der Waals surface area contributed by atoms with E-state index in [1.165, 1.54) is 31.3 Å². The van der Waals surface area contributed by atoms with Crippen molar-refractivity contribution in [3.63, 3.8) is 0 Å². The van der Waals surface area contributed by atoms with Gasteiger partial charge >= 0.3 is 5.97 Å². The smallest absolute Gasteiger partial charge is 0.303 e. The lowest BCUT2D eigenvalue weighted by atomic mass is 9.89. The second kappa shape index (κ2) is 15.5. The number of hydrogen-bond donors (Lipinski definition) is 1. The highest BCUT2D eigenvalue weighted by atomic mass is 16.7. The third kappa shape index (κ3) is 8.90. The van der Waals surface area contributed by atoms with Gasteiger partial charge in [-0.2, -0.15) is 0 Å². The quantitative estimate of drug-likeness (QED) is 0.185. The summed E-state index contributed by atoms with van der Waals surface area (Å²) in [5.41, 5.74) is 1.51. The number of carboxylic acids is 1. The molecule has 2 heterocycles. The van der Waals surface area contributed by atoms with Crippen LogP contribution in [0.2, 0.25) is 0 Å². The molecule has 0 spiro atoms. The van der Waals surface area contributed by atoms with Gasteiger partial charge in [0.05, 0.1) is 12.2 Å².